The number of benzene rings is 2. The van der Waals surface area contributed by atoms with E-state index in [0.29, 0.717) is 0 Å². The van der Waals surface area contributed by atoms with Crippen LogP contribution >= 0.6 is 22.6 Å². The van der Waals surface area contributed by atoms with E-state index < -0.39 is 0 Å². The number of rotatable bonds is 5. The highest BCUT2D eigenvalue weighted by molar-refractivity contribution is 14.1. The number of ether oxygens (including phenoxy) is 2. The first kappa shape index (κ1) is 18.0. The van der Waals surface area contributed by atoms with E-state index in [0.717, 1.165) is 41.5 Å². The van der Waals surface area contributed by atoms with Crippen LogP contribution in [0.25, 0.3) is 0 Å². The molecule has 0 atom stereocenters. The average Bonchev–Trinajstić information content (AvgIpc) is 3.16. The van der Waals surface area contributed by atoms with Crippen molar-refractivity contribution in [1.29, 1.82) is 0 Å². The van der Waals surface area contributed by atoms with Gasteiger partial charge in [0, 0.05) is 34.5 Å². The number of methoxy groups -OCH3 is 2. The first-order valence-electron chi connectivity index (χ1n) is 8.43. The summed E-state index contributed by atoms with van der Waals surface area (Å²) in [7, 11) is 3.41. The molecule has 0 aromatic heterocycles. The molecule has 132 valence electrons. The number of halogens is 1. The van der Waals surface area contributed by atoms with Crippen LogP contribution in [-0.2, 0) is 0 Å². The Labute approximate surface area is 163 Å². The minimum Gasteiger partial charge on any atom is -0.496 e. The molecule has 4 nitrogen and oxygen atoms in total. The highest BCUT2D eigenvalue weighted by Crippen LogP contribution is 2.36. The van der Waals surface area contributed by atoms with Gasteiger partial charge in [0.2, 0.25) is 0 Å². The van der Waals surface area contributed by atoms with Crippen LogP contribution in [0, 0.1) is 10.5 Å². The summed E-state index contributed by atoms with van der Waals surface area (Å²) < 4.78 is 12.5. The van der Waals surface area contributed by atoms with Crippen molar-refractivity contribution >= 4 is 40.2 Å². The van der Waals surface area contributed by atoms with E-state index in [4.69, 9.17) is 9.47 Å². The Hall–Kier alpha value is -1.76. The fraction of sp³-hybridized carbons (Fsp3) is 0.350. The van der Waals surface area contributed by atoms with Crippen molar-refractivity contribution in [2.75, 3.05) is 32.2 Å². The van der Waals surface area contributed by atoms with E-state index in [-0.39, 0.29) is 0 Å². The van der Waals surface area contributed by atoms with Crippen LogP contribution < -0.4 is 14.4 Å². The van der Waals surface area contributed by atoms with Crippen LogP contribution in [0.4, 0.5) is 11.4 Å². The van der Waals surface area contributed by atoms with Crippen LogP contribution in [0.15, 0.2) is 35.3 Å². The fourth-order valence-corrected chi connectivity index (χ4v) is 3.40. The van der Waals surface area contributed by atoms with E-state index in [2.05, 4.69) is 57.6 Å². The predicted octanol–water partition coefficient (Wildman–Crippen LogP) is 4.97. The third-order valence-corrected chi connectivity index (χ3v) is 5.68. The minimum absolute atomic E-state index is 0.814. The van der Waals surface area contributed by atoms with Crippen molar-refractivity contribution in [3.63, 3.8) is 0 Å². The SMILES string of the molecule is COc1cc(N2CCCC2)c(OC)cc1C=Nc1ccc(I)c(C)c1. The summed E-state index contributed by atoms with van der Waals surface area (Å²) in [4.78, 5) is 6.96. The molecule has 3 rings (SSSR count). The van der Waals surface area contributed by atoms with Gasteiger partial charge in [0.25, 0.3) is 0 Å². The molecule has 0 aliphatic carbocycles. The molecule has 2 aromatic carbocycles. The number of nitrogens with zero attached hydrogens (tertiary/aromatic N) is 2. The zero-order valence-electron chi connectivity index (χ0n) is 14.9. The molecule has 0 bridgehead atoms. The molecular weight excluding hydrogens is 427 g/mol. The summed E-state index contributed by atoms with van der Waals surface area (Å²) in [5.41, 5.74) is 4.17. The van der Waals surface area contributed by atoms with Gasteiger partial charge in [-0.2, -0.15) is 0 Å². The van der Waals surface area contributed by atoms with Crippen LogP contribution in [-0.4, -0.2) is 33.5 Å². The Morgan fingerprint density at radius 2 is 1.76 bits per heavy atom. The van der Waals surface area contributed by atoms with E-state index in [1.54, 1.807) is 14.2 Å². The Balaban J connectivity index is 1.94. The first-order chi connectivity index (χ1) is 12.1. The van der Waals surface area contributed by atoms with Gasteiger partial charge in [-0.3, -0.25) is 4.99 Å². The molecule has 2 aromatic rings. The van der Waals surface area contributed by atoms with Crippen molar-refractivity contribution in [2.45, 2.75) is 19.8 Å². The highest BCUT2D eigenvalue weighted by atomic mass is 127. The smallest absolute Gasteiger partial charge is 0.143 e. The third-order valence-electron chi connectivity index (χ3n) is 4.47. The van der Waals surface area contributed by atoms with E-state index in [1.807, 2.05) is 18.3 Å². The molecule has 25 heavy (non-hydrogen) atoms. The van der Waals surface area contributed by atoms with Crippen LogP contribution in [0.3, 0.4) is 0 Å². The highest BCUT2D eigenvalue weighted by Gasteiger charge is 2.19. The number of anilines is 1. The lowest BCUT2D eigenvalue weighted by Crippen LogP contribution is -2.18. The predicted molar refractivity (Wildman–Crippen MR) is 112 cm³/mol. The number of aliphatic imine (C=N–C) groups is 1. The van der Waals surface area contributed by atoms with Crippen molar-refractivity contribution in [2.24, 2.45) is 4.99 Å². The molecule has 0 radical (unpaired) electrons. The lowest BCUT2D eigenvalue weighted by atomic mass is 10.1. The maximum absolute atomic E-state index is 5.62. The minimum atomic E-state index is 0.814. The van der Waals surface area contributed by atoms with Gasteiger partial charge in [-0.1, -0.05) is 0 Å². The molecule has 0 amide bonds. The van der Waals surface area contributed by atoms with Gasteiger partial charge in [-0.25, -0.2) is 0 Å². The maximum atomic E-state index is 5.62. The number of hydrogen-bond acceptors (Lipinski definition) is 4. The topological polar surface area (TPSA) is 34.1 Å². The number of aryl methyl sites for hydroxylation is 1. The summed E-state index contributed by atoms with van der Waals surface area (Å²) in [5.74, 6) is 1.68. The second kappa shape index (κ2) is 8.08. The fourth-order valence-electron chi connectivity index (χ4n) is 3.06. The van der Waals surface area contributed by atoms with Gasteiger partial charge in [0.15, 0.2) is 0 Å². The van der Waals surface area contributed by atoms with Crippen LogP contribution in [0.2, 0.25) is 0 Å². The molecule has 5 heteroatoms. The largest absolute Gasteiger partial charge is 0.496 e. The molecule has 0 saturated carbocycles. The molecule has 1 fully saturated rings. The maximum Gasteiger partial charge on any atom is 0.143 e. The molecular formula is C20H23IN2O2. The molecule has 1 aliphatic rings. The first-order valence-corrected chi connectivity index (χ1v) is 9.51. The molecule has 1 saturated heterocycles. The summed E-state index contributed by atoms with van der Waals surface area (Å²) in [5, 5.41) is 0. The lowest BCUT2D eigenvalue weighted by molar-refractivity contribution is 0.402. The summed E-state index contributed by atoms with van der Waals surface area (Å²) in [6.45, 7) is 4.22. The molecule has 1 aliphatic heterocycles. The summed E-state index contributed by atoms with van der Waals surface area (Å²) >= 11 is 2.33. The molecule has 0 N–H and O–H groups in total. The van der Waals surface area contributed by atoms with Gasteiger partial charge < -0.3 is 14.4 Å². The van der Waals surface area contributed by atoms with Crippen LogP contribution in [0.1, 0.15) is 24.0 Å². The lowest BCUT2D eigenvalue weighted by Gasteiger charge is -2.22. The van der Waals surface area contributed by atoms with Crippen molar-refractivity contribution in [3.8, 4) is 11.5 Å². The van der Waals surface area contributed by atoms with E-state index >= 15 is 0 Å². The van der Waals surface area contributed by atoms with Crippen molar-refractivity contribution in [1.82, 2.24) is 0 Å². The normalized spacial score (nSPS) is 14.3. The van der Waals surface area contributed by atoms with Crippen molar-refractivity contribution < 1.29 is 9.47 Å². The van der Waals surface area contributed by atoms with Gasteiger partial charge in [-0.05, 0) is 72.2 Å². The van der Waals surface area contributed by atoms with Gasteiger partial charge in [-0.15, -0.1) is 0 Å². The summed E-state index contributed by atoms with van der Waals surface area (Å²) in [6, 6.07) is 10.3. The molecule has 0 spiro atoms. The summed E-state index contributed by atoms with van der Waals surface area (Å²) in [6.07, 6.45) is 4.29. The Kier molecular flexibility index (Phi) is 5.83. The second-order valence-electron chi connectivity index (χ2n) is 6.15. The Morgan fingerprint density at radius 1 is 1.04 bits per heavy atom. The average molecular weight is 450 g/mol. The molecule has 1 heterocycles. The Morgan fingerprint density at radius 3 is 2.40 bits per heavy atom. The van der Waals surface area contributed by atoms with E-state index in [1.165, 1.54) is 22.0 Å². The van der Waals surface area contributed by atoms with Crippen molar-refractivity contribution in [3.05, 3.63) is 45.0 Å². The van der Waals surface area contributed by atoms with Gasteiger partial charge in [0.1, 0.15) is 11.5 Å². The van der Waals surface area contributed by atoms with Gasteiger partial charge >= 0.3 is 0 Å². The third kappa shape index (κ3) is 4.08. The van der Waals surface area contributed by atoms with Crippen LogP contribution in [0.5, 0.6) is 11.5 Å². The second-order valence-corrected chi connectivity index (χ2v) is 7.31. The van der Waals surface area contributed by atoms with E-state index in [9.17, 15) is 0 Å². The zero-order valence-corrected chi connectivity index (χ0v) is 17.0. The quantitative estimate of drug-likeness (QED) is 0.477. The Bertz CT molecular complexity index is 784. The monoisotopic (exact) mass is 450 g/mol. The zero-order chi connectivity index (χ0) is 17.8. The van der Waals surface area contributed by atoms with Gasteiger partial charge in [0.05, 0.1) is 25.6 Å². The molecule has 0 unspecified atom stereocenters. The standard InChI is InChI=1S/C20H23IN2O2/c1-14-10-16(6-7-17(14)21)22-13-15-11-20(25-3)18(12-19(15)24-2)23-8-4-5-9-23/h6-7,10-13H,4-5,8-9H2,1-3H3. The number of hydrogen-bond donors (Lipinski definition) is 0.